The normalized spacial score (nSPS) is 31.4. The number of hydrogen-bond donors (Lipinski definition) is 0. The Bertz CT molecular complexity index is 606. The molecule has 2 nitrogen and oxygen atoms in total. The summed E-state index contributed by atoms with van der Waals surface area (Å²) in [4.78, 5) is 11.9. The minimum atomic E-state index is -0.229. The number of carbonyl (C=O) groups is 1. The first kappa shape index (κ1) is 20.4. The molecule has 3 atom stereocenters. The highest BCUT2D eigenvalue weighted by molar-refractivity contribution is 5.55. The third-order valence-electron chi connectivity index (χ3n) is 7.06. The minimum absolute atomic E-state index is 0.0756. The van der Waals surface area contributed by atoms with Crippen LogP contribution in [0.5, 0.6) is 5.75 Å². The van der Waals surface area contributed by atoms with Crippen LogP contribution in [-0.2, 0) is 4.79 Å². The van der Waals surface area contributed by atoms with Gasteiger partial charge in [0.15, 0.2) is 11.6 Å². The molecule has 2 fully saturated rings. The van der Waals surface area contributed by atoms with Crippen molar-refractivity contribution >= 4 is 6.29 Å². The van der Waals surface area contributed by atoms with Gasteiger partial charge in [0.05, 0.1) is 6.61 Å². The number of rotatable bonds is 7. The van der Waals surface area contributed by atoms with Crippen LogP contribution in [0.15, 0.2) is 18.2 Å². The van der Waals surface area contributed by atoms with Crippen LogP contribution in [0.3, 0.4) is 0 Å². The number of halogens is 1. The average molecular weight is 375 g/mol. The zero-order valence-corrected chi connectivity index (χ0v) is 17.0. The van der Waals surface area contributed by atoms with Crippen molar-refractivity contribution in [2.24, 2.45) is 23.7 Å². The van der Waals surface area contributed by atoms with Crippen LogP contribution in [0, 0.1) is 29.5 Å². The van der Waals surface area contributed by atoms with E-state index in [1.807, 2.05) is 19.1 Å². The highest BCUT2D eigenvalue weighted by Crippen LogP contribution is 2.47. The molecule has 0 amide bonds. The highest BCUT2D eigenvalue weighted by Gasteiger charge is 2.38. The lowest BCUT2D eigenvalue weighted by Crippen LogP contribution is -2.33. The van der Waals surface area contributed by atoms with Crippen molar-refractivity contribution < 1.29 is 13.9 Å². The molecule has 27 heavy (non-hydrogen) atoms. The van der Waals surface area contributed by atoms with E-state index >= 15 is 0 Å². The number of carbonyl (C=O) groups excluding carboxylic acids is 1. The first-order chi connectivity index (χ1) is 13.2. The van der Waals surface area contributed by atoms with Gasteiger partial charge in [0.25, 0.3) is 0 Å². The number of ether oxygens (including phenoxy) is 1. The average Bonchev–Trinajstić information content (AvgIpc) is 2.70. The summed E-state index contributed by atoms with van der Waals surface area (Å²) >= 11 is 0. The second kappa shape index (κ2) is 9.71. The largest absolute Gasteiger partial charge is 0.491 e. The van der Waals surface area contributed by atoms with Gasteiger partial charge in [-0.25, -0.2) is 4.39 Å². The van der Waals surface area contributed by atoms with Crippen LogP contribution in [0.25, 0.3) is 0 Å². The molecular weight excluding hydrogens is 339 g/mol. The SMILES string of the molecule is CCCC1CCC(C2CCC(c3cccc(OCC)c3F)CC2C=O)CC1. The monoisotopic (exact) mass is 374 g/mol. The Labute approximate surface area is 163 Å². The Balaban J connectivity index is 1.65. The lowest BCUT2D eigenvalue weighted by atomic mass is 9.63. The lowest BCUT2D eigenvalue weighted by Gasteiger charge is -2.41. The molecule has 2 aliphatic rings. The third kappa shape index (κ3) is 4.73. The van der Waals surface area contributed by atoms with Crippen LogP contribution in [0.1, 0.15) is 83.1 Å². The summed E-state index contributed by atoms with van der Waals surface area (Å²) in [6.07, 6.45) is 11.8. The smallest absolute Gasteiger partial charge is 0.168 e. The summed E-state index contributed by atoms with van der Waals surface area (Å²) in [5, 5.41) is 0. The molecule has 3 unspecified atom stereocenters. The van der Waals surface area contributed by atoms with Crippen molar-refractivity contribution in [3.63, 3.8) is 0 Å². The molecule has 2 saturated carbocycles. The molecule has 0 aromatic heterocycles. The van der Waals surface area contributed by atoms with E-state index in [4.69, 9.17) is 4.74 Å². The van der Waals surface area contributed by atoms with Gasteiger partial charge in [0, 0.05) is 5.92 Å². The van der Waals surface area contributed by atoms with E-state index in [-0.39, 0.29) is 17.7 Å². The Kier molecular flexibility index (Phi) is 7.32. The van der Waals surface area contributed by atoms with Crippen molar-refractivity contribution in [3.05, 3.63) is 29.6 Å². The van der Waals surface area contributed by atoms with Gasteiger partial charge >= 0.3 is 0 Å². The Hall–Kier alpha value is -1.38. The molecule has 0 spiro atoms. The number of hydrogen-bond acceptors (Lipinski definition) is 2. The van der Waals surface area contributed by atoms with Gasteiger partial charge in [0.2, 0.25) is 0 Å². The van der Waals surface area contributed by atoms with Gasteiger partial charge in [0.1, 0.15) is 6.29 Å². The highest BCUT2D eigenvalue weighted by atomic mass is 19.1. The molecule has 3 rings (SSSR count). The second-order valence-corrected chi connectivity index (χ2v) is 8.64. The van der Waals surface area contributed by atoms with E-state index in [0.717, 1.165) is 30.7 Å². The molecule has 0 radical (unpaired) electrons. The van der Waals surface area contributed by atoms with Crippen molar-refractivity contribution in [1.29, 1.82) is 0 Å². The summed E-state index contributed by atoms with van der Waals surface area (Å²) in [6, 6.07) is 5.45. The number of aldehydes is 1. The molecule has 1 aromatic carbocycles. The fourth-order valence-electron chi connectivity index (χ4n) is 5.68. The fraction of sp³-hybridized carbons (Fsp3) is 0.708. The molecule has 2 aliphatic carbocycles. The van der Waals surface area contributed by atoms with Crippen LogP contribution in [-0.4, -0.2) is 12.9 Å². The molecule has 0 heterocycles. The summed E-state index contributed by atoms with van der Waals surface area (Å²) < 4.78 is 20.3. The second-order valence-electron chi connectivity index (χ2n) is 8.64. The summed E-state index contributed by atoms with van der Waals surface area (Å²) in [6.45, 7) is 4.61. The predicted molar refractivity (Wildman–Crippen MR) is 108 cm³/mol. The Morgan fingerprint density at radius 3 is 2.56 bits per heavy atom. The summed E-state index contributed by atoms with van der Waals surface area (Å²) in [5.74, 6) is 2.41. The van der Waals surface area contributed by atoms with Crippen molar-refractivity contribution in [3.8, 4) is 5.75 Å². The maximum atomic E-state index is 14.8. The van der Waals surface area contributed by atoms with Crippen LogP contribution >= 0.6 is 0 Å². The zero-order chi connectivity index (χ0) is 19.2. The lowest BCUT2D eigenvalue weighted by molar-refractivity contribution is -0.114. The third-order valence-corrected chi connectivity index (χ3v) is 7.06. The van der Waals surface area contributed by atoms with Gasteiger partial charge in [-0.2, -0.15) is 0 Å². The molecule has 3 heteroatoms. The molecule has 0 bridgehead atoms. The topological polar surface area (TPSA) is 26.3 Å². The van der Waals surface area contributed by atoms with E-state index in [1.165, 1.54) is 44.8 Å². The molecule has 1 aromatic rings. The van der Waals surface area contributed by atoms with E-state index in [1.54, 1.807) is 6.07 Å². The molecule has 0 saturated heterocycles. The van der Waals surface area contributed by atoms with Crippen molar-refractivity contribution in [1.82, 2.24) is 0 Å². The molecule has 0 aliphatic heterocycles. The standard InChI is InChI=1S/C24H35FO2/c1-3-6-17-9-11-18(12-10-17)21-14-13-19(15-20(21)16-26)22-7-5-8-23(24(22)25)27-4-2/h5,7-8,16-21H,3-4,6,9-15H2,1-2H3. The predicted octanol–water partition coefficient (Wildman–Crippen LogP) is 6.53. The van der Waals surface area contributed by atoms with Crippen molar-refractivity contribution in [2.45, 2.75) is 77.6 Å². The van der Waals surface area contributed by atoms with E-state index < -0.39 is 0 Å². The van der Waals surface area contributed by atoms with Gasteiger partial charge in [-0.05, 0) is 74.3 Å². The quantitative estimate of drug-likeness (QED) is 0.507. The fourth-order valence-corrected chi connectivity index (χ4v) is 5.68. The molecule has 0 N–H and O–H groups in total. The van der Waals surface area contributed by atoms with Crippen LogP contribution in [0.4, 0.5) is 4.39 Å². The molecular formula is C24H35FO2. The van der Waals surface area contributed by atoms with E-state index in [0.29, 0.717) is 24.2 Å². The number of benzene rings is 1. The van der Waals surface area contributed by atoms with Crippen LogP contribution in [0.2, 0.25) is 0 Å². The first-order valence-corrected chi connectivity index (χ1v) is 11.0. The molecule has 150 valence electrons. The maximum Gasteiger partial charge on any atom is 0.168 e. The Morgan fingerprint density at radius 1 is 1.11 bits per heavy atom. The first-order valence-electron chi connectivity index (χ1n) is 11.0. The van der Waals surface area contributed by atoms with Gasteiger partial charge in [-0.1, -0.05) is 44.7 Å². The Morgan fingerprint density at radius 2 is 1.89 bits per heavy atom. The van der Waals surface area contributed by atoms with Gasteiger partial charge < -0.3 is 9.53 Å². The zero-order valence-electron chi connectivity index (χ0n) is 17.0. The van der Waals surface area contributed by atoms with Crippen molar-refractivity contribution in [2.75, 3.05) is 6.61 Å². The van der Waals surface area contributed by atoms with E-state index in [2.05, 4.69) is 6.92 Å². The van der Waals surface area contributed by atoms with Gasteiger partial charge in [-0.3, -0.25) is 0 Å². The van der Waals surface area contributed by atoms with Gasteiger partial charge in [-0.15, -0.1) is 0 Å². The van der Waals surface area contributed by atoms with E-state index in [9.17, 15) is 9.18 Å². The van der Waals surface area contributed by atoms with Crippen LogP contribution < -0.4 is 4.74 Å². The summed E-state index contributed by atoms with van der Waals surface area (Å²) in [5.41, 5.74) is 0.734. The maximum absolute atomic E-state index is 14.8. The minimum Gasteiger partial charge on any atom is -0.491 e. The summed E-state index contributed by atoms with van der Waals surface area (Å²) in [7, 11) is 0.